The van der Waals surface area contributed by atoms with Crippen LogP contribution in [0.2, 0.25) is 0 Å². The van der Waals surface area contributed by atoms with Crippen LogP contribution in [0.3, 0.4) is 0 Å². The molecule has 1 aromatic carbocycles. The Hall–Kier alpha value is -2.11. The van der Waals surface area contributed by atoms with Crippen molar-refractivity contribution in [3.63, 3.8) is 0 Å². The first-order chi connectivity index (χ1) is 11.2. The number of hydrogen-bond donors (Lipinski definition) is 3. The van der Waals surface area contributed by atoms with Gasteiger partial charge in [-0.3, -0.25) is 4.79 Å². The van der Waals surface area contributed by atoms with Crippen LogP contribution in [0.1, 0.15) is 39.0 Å². The zero-order chi connectivity index (χ0) is 16.5. The topological polar surface area (TPSA) is 65.5 Å². The lowest BCUT2D eigenvalue weighted by Crippen LogP contribution is -2.44. The van der Waals surface area contributed by atoms with Gasteiger partial charge in [0.2, 0.25) is 5.91 Å². The van der Waals surface area contributed by atoms with E-state index in [4.69, 9.17) is 0 Å². The highest BCUT2D eigenvalue weighted by atomic mass is 19.1. The molecular formula is C17H25FN4O. The van der Waals surface area contributed by atoms with Crippen LogP contribution in [-0.4, -0.2) is 31.0 Å². The molecule has 0 saturated heterocycles. The third-order valence-electron chi connectivity index (χ3n) is 3.78. The van der Waals surface area contributed by atoms with E-state index in [0.717, 1.165) is 19.4 Å². The van der Waals surface area contributed by atoms with E-state index in [9.17, 15) is 9.18 Å². The van der Waals surface area contributed by atoms with Gasteiger partial charge in [-0.15, -0.1) is 0 Å². The molecule has 0 bridgehead atoms. The van der Waals surface area contributed by atoms with Crippen LogP contribution in [0.25, 0.3) is 0 Å². The van der Waals surface area contributed by atoms with Crippen LogP contribution in [-0.2, 0) is 4.79 Å². The van der Waals surface area contributed by atoms with Gasteiger partial charge in [0.15, 0.2) is 5.96 Å². The molecule has 0 atom stereocenters. The highest BCUT2D eigenvalue weighted by Gasteiger charge is 2.14. The summed E-state index contributed by atoms with van der Waals surface area (Å²) in [6.07, 6.45) is 6.04. The normalized spacial score (nSPS) is 16.0. The van der Waals surface area contributed by atoms with Crippen molar-refractivity contribution in [2.24, 2.45) is 4.99 Å². The summed E-state index contributed by atoms with van der Waals surface area (Å²) in [4.78, 5) is 16.2. The number of amides is 1. The maximum atomic E-state index is 13.1. The summed E-state index contributed by atoms with van der Waals surface area (Å²) in [5.74, 6) is 0.0174. The molecule has 0 unspecified atom stereocenters. The summed E-state index contributed by atoms with van der Waals surface area (Å²) in [7, 11) is 0. The first-order valence-corrected chi connectivity index (χ1v) is 8.27. The summed E-state index contributed by atoms with van der Waals surface area (Å²) >= 11 is 0. The molecule has 0 aromatic heterocycles. The van der Waals surface area contributed by atoms with Crippen molar-refractivity contribution in [2.75, 3.05) is 18.4 Å². The van der Waals surface area contributed by atoms with Crippen LogP contribution in [0, 0.1) is 5.82 Å². The monoisotopic (exact) mass is 320 g/mol. The number of hydrogen-bond acceptors (Lipinski definition) is 2. The Labute approximate surface area is 136 Å². The molecule has 126 valence electrons. The largest absolute Gasteiger partial charge is 0.357 e. The van der Waals surface area contributed by atoms with Crippen molar-refractivity contribution < 1.29 is 9.18 Å². The minimum Gasteiger partial charge on any atom is -0.357 e. The highest BCUT2D eigenvalue weighted by molar-refractivity contribution is 5.94. The SMILES string of the molecule is CCNC(=NCC(=O)Nc1cccc(F)c1)NC1CCCCC1. The molecule has 0 spiro atoms. The number of benzene rings is 1. The highest BCUT2D eigenvalue weighted by Crippen LogP contribution is 2.17. The molecular weight excluding hydrogens is 295 g/mol. The zero-order valence-corrected chi connectivity index (χ0v) is 13.6. The molecule has 0 aliphatic heterocycles. The maximum absolute atomic E-state index is 13.1. The first-order valence-electron chi connectivity index (χ1n) is 8.27. The second-order valence-corrected chi connectivity index (χ2v) is 5.73. The lowest BCUT2D eigenvalue weighted by molar-refractivity contribution is -0.114. The first kappa shape index (κ1) is 17.2. The molecule has 6 heteroatoms. The van der Waals surface area contributed by atoms with E-state index in [2.05, 4.69) is 20.9 Å². The Morgan fingerprint density at radius 2 is 2.09 bits per heavy atom. The number of guanidine groups is 1. The van der Waals surface area contributed by atoms with E-state index in [1.807, 2.05) is 6.92 Å². The molecule has 23 heavy (non-hydrogen) atoms. The van der Waals surface area contributed by atoms with E-state index in [-0.39, 0.29) is 18.3 Å². The number of anilines is 1. The number of carbonyl (C=O) groups excluding carboxylic acids is 1. The van der Waals surface area contributed by atoms with Gasteiger partial charge in [-0.05, 0) is 38.0 Å². The van der Waals surface area contributed by atoms with E-state index in [1.165, 1.54) is 31.4 Å². The summed E-state index contributed by atoms with van der Waals surface area (Å²) in [6, 6.07) is 6.25. The van der Waals surface area contributed by atoms with Crippen molar-refractivity contribution in [1.29, 1.82) is 0 Å². The third kappa shape index (κ3) is 6.26. The number of halogens is 1. The van der Waals surface area contributed by atoms with E-state index in [0.29, 0.717) is 17.7 Å². The summed E-state index contributed by atoms with van der Waals surface area (Å²) in [5.41, 5.74) is 0.440. The molecule has 5 nitrogen and oxygen atoms in total. The quantitative estimate of drug-likeness (QED) is 0.577. The average molecular weight is 320 g/mol. The van der Waals surface area contributed by atoms with Gasteiger partial charge in [-0.2, -0.15) is 0 Å². The fraction of sp³-hybridized carbons (Fsp3) is 0.529. The minimum atomic E-state index is -0.376. The zero-order valence-electron chi connectivity index (χ0n) is 13.6. The molecule has 2 rings (SSSR count). The second kappa shape index (κ2) is 9.12. The van der Waals surface area contributed by atoms with Crippen molar-refractivity contribution >= 4 is 17.6 Å². The summed E-state index contributed by atoms with van der Waals surface area (Å²) in [6.45, 7) is 2.73. The van der Waals surface area contributed by atoms with Gasteiger partial charge >= 0.3 is 0 Å². The van der Waals surface area contributed by atoms with Crippen LogP contribution in [0.5, 0.6) is 0 Å². The van der Waals surface area contributed by atoms with Crippen LogP contribution < -0.4 is 16.0 Å². The molecule has 1 aromatic rings. The van der Waals surface area contributed by atoms with Gasteiger partial charge in [0.25, 0.3) is 0 Å². The fourth-order valence-electron chi connectivity index (χ4n) is 2.68. The van der Waals surface area contributed by atoms with Crippen LogP contribution in [0.4, 0.5) is 10.1 Å². The van der Waals surface area contributed by atoms with Crippen molar-refractivity contribution in [3.05, 3.63) is 30.1 Å². The number of rotatable bonds is 5. The van der Waals surface area contributed by atoms with E-state index >= 15 is 0 Å². The molecule has 1 amide bonds. The Bertz CT molecular complexity index is 541. The molecule has 3 N–H and O–H groups in total. The Balaban J connectivity index is 1.86. The minimum absolute atomic E-state index is 0.00142. The predicted molar refractivity (Wildman–Crippen MR) is 91.0 cm³/mol. The van der Waals surface area contributed by atoms with Crippen molar-refractivity contribution in [2.45, 2.75) is 45.1 Å². The number of nitrogens with zero attached hydrogens (tertiary/aromatic N) is 1. The van der Waals surface area contributed by atoms with Crippen LogP contribution in [0.15, 0.2) is 29.3 Å². The Kier molecular flexibility index (Phi) is 6.84. The number of carbonyl (C=O) groups is 1. The standard InChI is InChI=1S/C17H25FN4O/c1-2-19-17(22-14-8-4-3-5-9-14)20-12-16(23)21-15-10-6-7-13(18)11-15/h6-7,10-11,14H,2-5,8-9,12H2,1H3,(H,21,23)(H2,19,20,22). The summed E-state index contributed by atoms with van der Waals surface area (Å²) < 4.78 is 13.1. The van der Waals surface area contributed by atoms with Crippen LogP contribution >= 0.6 is 0 Å². The molecule has 1 fully saturated rings. The molecule has 0 heterocycles. The smallest absolute Gasteiger partial charge is 0.246 e. The van der Waals surface area contributed by atoms with Gasteiger partial charge in [-0.25, -0.2) is 9.38 Å². The maximum Gasteiger partial charge on any atom is 0.246 e. The average Bonchev–Trinajstić information content (AvgIpc) is 2.54. The van der Waals surface area contributed by atoms with Gasteiger partial charge < -0.3 is 16.0 Å². The van der Waals surface area contributed by atoms with Gasteiger partial charge in [0, 0.05) is 18.3 Å². The molecule has 1 aliphatic carbocycles. The Morgan fingerprint density at radius 1 is 1.30 bits per heavy atom. The van der Waals surface area contributed by atoms with E-state index < -0.39 is 0 Å². The van der Waals surface area contributed by atoms with Gasteiger partial charge in [0.05, 0.1) is 0 Å². The second-order valence-electron chi connectivity index (χ2n) is 5.73. The lowest BCUT2D eigenvalue weighted by Gasteiger charge is -2.24. The predicted octanol–water partition coefficient (Wildman–Crippen LogP) is 2.65. The third-order valence-corrected chi connectivity index (χ3v) is 3.78. The fourth-order valence-corrected chi connectivity index (χ4v) is 2.68. The molecule has 0 radical (unpaired) electrons. The number of nitrogens with one attached hydrogen (secondary N) is 3. The molecule has 1 aliphatic rings. The van der Waals surface area contributed by atoms with Crippen molar-refractivity contribution in [3.8, 4) is 0 Å². The van der Waals surface area contributed by atoms with Gasteiger partial charge in [-0.1, -0.05) is 25.3 Å². The molecule has 1 saturated carbocycles. The summed E-state index contributed by atoms with van der Waals surface area (Å²) in [5, 5.41) is 9.18. The van der Waals surface area contributed by atoms with Crippen molar-refractivity contribution in [1.82, 2.24) is 10.6 Å². The lowest BCUT2D eigenvalue weighted by atomic mass is 9.96. The number of aliphatic imine (C=N–C) groups is 1. The van der Waals surface area contributed by atoms with Gasteiger partial charge in [0.1, 0.15) is 12.4 Å². The van der Waals surface area contributed by atoms with E-state index in [1.54, 1.807) is 12.1 Å². The Morgan fingerprint density at radius 3 is 2.78 bits per heavy atom.